The van der Waals surface area contributed by atoms with E-state index >= 15 is 0 Å². The highest BCUT2D eigenvalue weighted by atomic mass is 32.1. The van der Waals surface area contributed by atoms with Crippen molar-refractivity contribution in [1.82, 2.24) is 14.8 Å². The van der Waals surface area contributed by atoms with Gasteiger partial charge in [0.05, 0.1) is 5.56 Å². The molecule has 2 N–H and O–H groups in total. The number of hydrogen-bond acceptors (Lipinski definition) is 5. The van der Waals surface area contributed by atoms with Crippen molar-refractivity contribution in [2.24, 2.45) is 5.73 Å². The Kier molecular flexibility index (Phi) is 5.05. The lowest BCUT2D eigenvalue weighted by atomic mass is 10.1. The van der Waals surface area contributed by atoms with Crippen molar-refractivity contribution in [3.8, 4) is 0 Å². The van der Waals surface area contributed by atoms with Gasteiger partial charge in [-0.2, -0.15) is 0 Å². The van der Waals surface area contributed by atoms with Gasteiger partial charge in [-0.05, 0) is 12.1 Å². The Morgan fingerprint density at radius 1 is 1.12 bits per heavy atom. The Bertz CT molecular complexity index is 803. The molecular weight excluding hydrogens is 350 g/mol. The first-order valence-corrected chi connectivity index (χ1v) is 8.55. The molecule has 0 atom stereocenters. The van der Waals surface area contributed by atoms with Crippen LogP contribution in [0.4, 0.5) is 8.78 Å². The van der Waals surface area contributed by atoms with E-state index < -0.39 is 17.5 Å². The van der Waals surface area contributed by atoms with E-state index in [-0.39, 0.29) is 31.1 Å². The van der Waals surface area contributed by atoms with Gasteiger partial charge < -0.3 is 15.5 Å². The maximum absolute atomic E-state index is 13.7. The van der Waals surface area contributed by atoms with Gasteiger partial charge in [0.2, 0.25) is 0 Å². The van der Waals surface area contributed by atoms with E-state index in [0.29, 0.717) is 29.9 Å². The number of nitrogens with two attached hydrogens (primary N) is 1. The van der Waals surface area contributed by atoms with Gasteiger partial charge in [-0.25, -0.2) is 13.8 Å². The van der Waals surface area contributed by atoms with Crippen molar-refractivity contribution < 1.29 is 18.4 Å². The summed E-state index contributed by atoms with van der Waals surface area (Å²) in [6.45, 7) is 1.47. The van der Waals surface area contributed by atoms with Crippen LogP contribution in [0.3, 0.4) is 0 Å². The van der Waals surface area contributed by atoms with Crippen molar-refractivity contribution in [3.05, 3.63) is 51.5 Å². The minimum absolute atomic E-state index is 0.173. The van der Waals surface area contributed by atoms with Crippen LogP contribution in [0.15, 0.2) is 23.6 Å². The van der Waals surface area contributed by atoms with Crippen LogP contribution in [0.2, 0.25) is 0 Å². The Morgan fingerprint density at radius 2 is 1.76 bits per heavy atom. The minimum atomic E-state index is -0.889. The number of rotatable bonds is 3. The zero-order valence-corrected chi connectivity index (χ0v) is 14.1. The molecule has 1 aliphatic rings. The van der Waals surface area contributed by atoms with E-state index in [9.17, 15) is 18.4 Å². The van der Waals surface area contributed by atoms with Crippen LogP contribution in [0, 0.1) is 11.6 Å². The molecule has 0 bridgehead atoms. The number of carbonyl (C=O) groups is 2. The quantitative estimate of drug-likeness (QED) is 0.892. The molecule has 2 aromatic rings. The van der Waals surface area contributed by atoms with Gasteiger partial charge in [-0.15, -0.1) is 11.3 Å². The number of amides is 2. The summed E-state index contributed by atoms with van der Waals surface area (Å²) in [5, 5.41) is 2.35. The number of halogens is 2. The standard InChI is InChI=1S/C16H16F2N4O2S/c17-10-1-2-11(12(18)7-10)15(23)21-3-5-22(6-4-21)16(24)13-9-25-14(8-19)20-13/h1-2,7,9H,3-6,8,19H2. The lowest BCUT2D eigenvalue weighted by Crippen LogP contribution is -2.50. The number of thiazole rings is 1. The molecule has 132 valence electrons. The number of aromatic nitrogens is 1. The SMILES string of the molecule is NCc1nc(C(=O)N2CCN(C(=O)c3ccc(F)cc3F)CC2)cs1. The van der Waals surface area contributed by atoms with E-state index in [2.05, 4.69) is 4.98 Å². The van der Waals surface area contributed by atoms with Gasteiger partial charge in [0.1, 0.15) is 22.3 Å². The molecule has 2 amide bonds. The van der Waals surface area contributed by atoms with Crippen molar-refractivity contribution in [1.29, 1.82) is 0 Å². The molecule has 0 aliphatic carbocycles. The van der Waals surface area contributed by atoms with Gasteiger partial charge >= 0.3 is 0 Å². The van der Waals surface area contributed by atoms with Crippen molar-refractivity contribution in [2.45, 2.75) is 6.54 Å². The summed E-state index contributed by atoms with van der Waals surface area (Å²) in [4.78, 5) is 32.0. The third-order valence-corrected chi connectivity index (χ3v) is 4.83. The maximum Gasteiger partial charge on any atom is 0.273 e. The number of carbonyl (C=O) groups excluding carboxylic acids is 2. The van der Waals surface area contributed by atoms with Gasteiger partial charge in [0.15, 0.2) is 0 Å². The molecule has 0 spiro atoms. The molecule has 2 heterocycles. The third-order valence-electron chi connectivity index (χ3n) is 3.96. The fraction of sp³-hybridized carbons (Fsp3) is 0.312. The van der Waals surface area contributed by atoms with Crippen LogP contribution >= 0.6 is 11.3 Å². The number of piperazine rings is 1. The fourth-order valence-corrected chi connectivity index (χ4v) is 3.26. The first-order valence-electron chi connectivity index (χ1n) is 7.67. The van der Waals surface area contributed by atoms with Crippen LogP contribution in [-0.2, 0) is 6.54 Å². The minimum Gasteiger partial charge on any atom is -0.335 e. The molecule has 0 saturated carbocycles. The van der Waals surface area contributed by atoms with Crippen LogP contribution in [0.1, 0.15) is 25.9 Å². The van der Waals surface area contributed by atoms with Crippen LogP contribution in [-0.4, -0.2) is 52.8 Å². The molecule has 1 fully saturated rings. The van der Waals surface area contributed by atoms with Crippen LogP contribution < -0.4 is 5.73 Å². The van der Waals surface area contributed by atoms with Gasteiger partial charge in [-0.1, -0.05) is 0 Å². The van der Waals surface area contributed by atoms with E-state index in [4.69, 9.17) is 5.73 Å². The first-order chi connectivity index (χ1) is 12.0. The lowest BCUT2D eigenvalue weighted by molar-refractivity contribution is 0.0530. The lowest BCUT2D eigenvalue weighted by Gasteiger charge is -2.34. The summed E-state index contributed by atoms with van der Waals surface area (Å²) < 4.78 is 26.7. The van der Waals surface area contributed by atoms with Crippen LogP contribution in [0.5, 0.6) is 0 Å². The molecule has 1 aliphatic heterocycles. The summed E-state index contributed by atoms with van der Waals surface area (Å²) in [5.74, 6) is -2.34. The number of hydrogen-bond donors (Lipinski definition) is 1. The van der Waals surface area contributed by atoms with Gasteiger partial charge in [-0.3, -0.25) is 9.59 Å². The average molecular weight is 366 g/mol. The molecule has 6 nitrogen and oxygen atoms in total. The summed E-state index contributed by atoms with van der Waals surface area (Å²) in [5.41, 5.74) is 5.66. The second kappa shape index (κ2) is 7.24. The molecule has 3 rings (SSSR count). The highest BCUT2D eigenvalue weighted by molar-refractivity contribution is 7.09. The highest BCUT2D eigenvalue weighted by Crippen LogP contribution is 2.16. The van der Waals surface area contributed by atoms with E-state index in [1.54, 1.807) is 10.3 Å². The Labute approximate surface area is 146 Å². The van der Waals surface area contributed by atoms with Crippen molar-refractivity contribution >= 4 is 23.2 Å². The smallest absolute Gasteiger partial charge is 0.273 e. The zero-order valence-electron chi connectivity index (χ0n) is 13.2. The summed E-state index contributed by atoms with van der Waals surface area (Å²) in [6.07, 6.45) is 0. The second-order valence-electron chi connectivity index (χ2n) is 5.54. The fourth-order valence-electron chi connectivity index (χ4n) is 2.61. The maximum atomic E-state index is 13.7. The van der Waals surface area contributed by atoms with Gasteiger partial charge in [0.25, 0.3) is 11.8 Å². The van der Waals surface area contributed by atoms with E-state index in [1.165, 1.54) is 16.2 Å². The molecule has 1 aromatic carbocycles. The van der Waals surface area contributed by atoms with E-state index in [0.717, 1.165) is 12.1 Å². The first kappa shape index (κ1) is 17.4. The summed E-state index contributed by atoms with van der Waals surface area (Å²) >= 11 is 1.33. The normalized spacial score (nSPS) is 14.7. The molecular formula is C16H16F2N4O2S. The third kappa shape index (κ3) is 3.67. The molecule has 1 saturated heterocycles. The topological polar surface area (TPSA) is 79.5 Å². The predicted octanol–water partition coefficient (Wildman–Crippen LogP) is 1.48. The Morgan fingerprint density at radius 3 is 2.32 bits per heavy atom. The van der Waals surface area contributed by atoms with Gasteiger partial charge in [0, 0.05) is 44.2 Å². The monoisotopic (exact) mass is 366 g/mol. The molecule has 1 aromatic heterocycles. The molecule has 0 unspecified atom stereocenters. The summed E-state index contributed by atoms with van der Waals surface area (Å²) in [6, 6.07) is 2.87. The highest BCUT2D eigenvalue weighted by Gasteiger charge is 2.27. The van der Waals surface area contributed by atoms with Crippen molar-refractivity contribution in [2.75, 3.05) is 26.2 Å². The second-order valence-corrected chi connectivity index (χ2v) is 6.48. The van der Waals surface area contributed by atoms with Crippen LogP contribution in [0.25, 0.3) is 0 Å². The Hall–Kier alpha value is -2.39. The number of benzene rings is 1. The van der Waals surface area contributed by atoms with E-state index in [1.807, 2.05) is 0 Å². The molecule has 25 heavy (non-hydrogen) atoms. The average Bonchev–Trinajstić information content (AvgIpc) is 3.10. The Balaban J connectivity index is 1.63. The van der Waals surface area contributed by atoms with Crippen molar-refractivity contribution in [3.63, 3.8) is 0 Å². The molecule has 9 heteroatoms. The molecule has 0 radical (unpaired) electrons. The zero-order chi connectivity index (χ0) is 18.0. The number of nitrogens with zero attached hydrogens (tertiary/aromatic N) is 3. The largest absolute Gasteiger partial charge is 0.335 e. The summed E-state index contributed by atoms with van der Waals surface area (Å²) in [7, 11) is 0. The predicted molar refractivity (Wildman–Crippen MR) is 88.2 cm³/mol.